The predicted molar refractivity (Wildman–Crippen MR) is 80.6 cm³/mol. The Hall–Kier alpha value is -2.18. The maximum Gasteiger partial charge on any atom is 0.343 e. The summed E-state index contributed by atoms with van der Waals surface area (Å²) in [6.07, 6.45) is 0.869. The molecule has 116 valence electrons. The Labute approximate surface area is 130 Å². The van der Waals surface area contributed by atoms with Gasteiger partial charge in [0.1, 0.15) is 23.2 Å². The van der Waals surface area contributed by atoms with Crippen molar-refractivity contribution in [3.63, 3.8) is 0 Å². The van der Waals surface area contributed by atoms with Gasteiger partial charge in [0.15, 0.2) is 0 Å². The van der Waals surface area contributed by atoms with E-state index in [1.807, 2.05) is 0 Å². The minimum Gasteiger partial charge on any atom is -0.507 e. The lowest BCUT2D eigenvalue weighted by atomic mass is 9.95. The van der Waals surface area contributed by atoms with Gasteiger partial charge in [-0.25, -0.2) is 4.79 Å². The monoisotopic (exact) mass is 303 g/mol. The number of carboxylic acid groups (broad SMARTS) is 1. The highest BCUT2D eigenvalue weighted by atomic mass is 16.5. The number of hydrogen-bond donors (Lipinski definition) is 2. The molecule has 0 atom stereocenters. The van der Waals surface area contributed by atoms with Gasteiger partial charge < -0.3 is 19.8 Å². The van der Waals surface area contributed by atoms with E-state index in [9.17, 15) is 19.8 Å². The fourth-order valence-electron chi connectivity index (χ4n) is 2.40. The summed E-state index contributed by atoms with van der Waals surface area (Å²) in [6, 6.07) is 3.13. The fraction of sp³-hybridized carbons (Fsp3) is 0.467. The fourth-order valence-corrected chi connectivity index (χ4v) is 2.40. The van der Waals surface area contributed by atoms with Crippen LogP contribution in [0, 0.1) is 0 Å². The second kappa shape index (κ2) is 6.72. The van der Waals surface area contributed by atoms with Gasteiger partial charge in [0, 0.05) is 6.42 Å². The molecular weight excluding hydrogens is 285 g/mol. The van der Waals surface area contributed by atoms with Crippen molar-refractivity contribution in [3.8, 4) is 11.5 Å². The molecule has 2 N–H and O–H groups in total. The van der Waals surface area contributed by atoms with Crippen LogP contribution in [0.3, 0.4) is 0 Å². The summed E-state index contributed by atoms with van der Waals surface area (Å²) in [7, 11) is 5.43. The third kappa shape index (κ3) is 3.18. The molecule has 0 saturated carbocycles. The molecule has 0 unspecified atom stereocenters. The van der Waals surface area contributed by atoms with Gasteiger partial charge in [0.25, 0.3) is 0 Å². The maximum absolute atomic E-state index is 11.5. The van der Waals surface area contributed by atoms with E-state index in [2.05, 4.69) is 0 Å². The van der Waals surface area contributed by atoms with Gasteiger partial charge in [0.05, 0.1) is 20.9 Å². The molecular formula is C15H18BNO5. The van der Waals surface area contributed by atoms with Crippen LogP contribution in [0.2, 0.25) is 6.32 Å². The van der Waals surface area contributed by atoms with Gasteiger partial charge >= 0.3 is 5.97 Å². The van der Waals surface area contributed by atoms with Crippen molar-refractivity contribution >= 4 is 19.7 Å². The van der Waals surface area contributed by atoms with Crippen molar-refractivity contribution in [3.05, 3.63) is 23.3 Å². The molecule has 1 amide bonds. The van der Waals surface area contributed by atoms with E-state index < -0.39 is 5.97 Å². The molecule has 2 radical (unpaired) electrons. The van der Waals surface area contributed by atoms with Crippen molar-refractivity contribution < 1.29 is 24.5 Å². The number of aromatic hydroxyl groups is 1. The minimum absolute atomic E-state index is 0.0412. The Morgan fingerprint density at radius 2 is 2.09 bits per heavy atom. The number of likely N-dealkylation sites (tertiary alicyclic amines) is 1. The Kier molecular flexibility index (Phi) is 4.95. The van der Waals surface area contributed by atoms with E-state index >= 15 is 0 Å². The van der Waals surface area contributed by atoms with Gasteiger partial charge in [-0.1, -0.05) is 19.3 Å². The SMILES string of the molecule is [B]CCc1ccc(OC2CN(C(=O)CC)C2)c(C(=O)O)c1O. The maximum atomic E-state index is 11.5. The molecule has 0 aromatic heterocycles. The predicted octanol–water partition coefficient (Wildman–Crippen LogP) is 1.22. The molecule has 2 rings (SSSR count). The van der Waals surface area contributed by atoms with Crippen LogP contribution >= 0.6 is 0 Å². The Balaban J connectivity index is 2.13. The molecule has 1 fully saturated rings. The van der Waals surface area contributed by atoms with E-state index in [4.69, 9.17) is 12.6 Å². The zero-order chi connectivity index (χ0) is 16.3. The van der Waals surface area contributed by atoms with Crippen molar-refractivity contribution in [2.75, 3.05) is 13.1 Å². The standard InChI is InChI=1S/C15H18BNO5/c1-2-12(18)17-7-10(8-17)22-11-4-3-9(5-6-16)14(19)13(11)15(20)21/h3-4,10,19H,2,5-8H2,1H3,(H,20,21). The third-order valence-electron chi connectivity index (χ3n) is 3.65. The Morgan fingerprint density at radius 3 is 2.64 bits per heavy atom. The average Bonchev–Trinajstić information content (AvgIpc) is 2.44. The first kappa shape index (κ1) is 16.2. The lowest BCUT2D eigenvalue weighted by Gasteiger charge is -2.39. The summed E-state index contributed by atoms with van der Waals surface area (Å²) in [5.41, 5.74) is 0.217. The normalized spacial score (nSPS) is 14.5. The number of amides is 1. The number of aryl methyl sites for hydroxylation is 1. The Bertz CT molecular complexity index is 584. The summed E-state index contributed by atoms with van der Waals surface area (Å²) in [5.74, 6) is -1.41. The van der Waals surface area contributed by atoms with E-state index in [1.165, 1.54) is 6.07 Å². The molecule has 1 aromatic carbocycles. The quantitative estimate of drug-likeness (QED) is 0.772. The second-order valence-corrected chi connectivity index (χ2v) is 5.18. The molecule has 0 aliphatic carbocycles. The number of aromatic carboxylic acids is 1. The topological polar surface area (TPSA) is 87.1 Å². The molecule has 1 aliphatic rings. The number of carboxylic acids is 1. The highest BCUT2D eigenvalue weighted by Gasteiger charge is 2.32. The summed E-state index contributed by atoms with van der Waals surface area (Å²) in [5, 5.41) is 19.4. The van der Waals surface area contributed by atoms with E-state index in [0.717, 1.165) is 0 Å². The molecule has 1 heterocycles. The van der Waals surface area contributed by atoms with E-state index in [1.54, 1.807) is 17.9 Å². The average molecular weight is 303 g/mol. The Morgan fingerprint density at radius 1 is 1.41 bits per heavy atom. The number of nitrogens with zero attached hydrogens (tertiary/aromatic N) is 1. The molecule has 1 aromatic rings. The molecule has 7 heteroatoms. The van der Waals surface area contributed by atoms with Crippen molar-refractivity contribution in [2.24, 2.45) is 0 Å². The number of phenols is 1. The largest absolute Gasteiger partial charge is 0.507 e. The van der Waals surface area contributed by atoms with Crippen LogP contribution in [0.5, 0.6) is 11.5 Å². The van der Waals surface area contributed by atoms with Crippen LogP contribution in [0.1, 0.15) is 29.3 Å². The lowest BCUT2D eigenvalue weighted by Crippen LogP contribution is -2.56. The van der Waals surface area contributed by atoms with Gasteiger partial charge in [-0.2, -0.15) is 0 Å². The van der Waals surface area contributed by atoms with Gasteiger partial charge in [-0.3, -0.25) is 4.79 Å². The molecule has 0 spiro atoms. The van der Waals surface area contributed by atoms with Gasteiger partial charge in [-0.05, 0) is 18.1 Å². The first-order valence-electron chi connectivity index (χ1n) is 7.20. The van der Waals surface area contributed by atoms with Crippen LogP contribution in [-0.2, 0) is 11.2 Å². The first-order valence-corrected chi connectivity index (χ1v) is 7.20. The van der Waals surface area contributed by atoms with Crippen LogP contribution in [0.25, 0.3) is 0 Å². The summed E-state index contributed by atoms with van der Waals surface area (Å²) in [6.45, 7) is 2.64. The zero-order valence-electron chi connectivity index (χ0n) is 12.4. The van der Waals surface area contributed by atoms with E-state index in [0.29, 0.717) is 37.8 Å². The highest BCUT2D eigenvalue weighted by molar-refractivity contribution is 6.08. The minimum atomic E-state index is -1.26. The molecule has 22 heavy (non-hydrogen) atoms. The number of ether oxygens (including phenoxy) is 1. The van der Waals surface area contributed by atoms with Crippen LogP contribution < -0.4 is 4.74 Å². The molecule has 1 saturated heterocycles. The smallest absolute Gasteiger partial charge is 0.343 e. The van der Waals surface area contributed by atoms with Crippen LogP contribution in [0.4, 0.5) is 0 Å². The van der Waals surface area contributed by atoms with Crippen molar-refractivity contribution in [1.82, 2.24) is 4.90 Å². The number of carbonyl (C=O) groups excluding carboxylic acids is 1. The molecule has 1 aliphatic heterocycles. The number of carbonyl (C=O) groups is 2. The number of hydrogen-bond acceptors (Lipinski definition) is 4. The van der Waals surface area contributed by atoms with Crippen LogP contribution in [-0.4, -0.2) is 54.0 Å². The summed E-state index contributed by atoms with van der Waals surface area (Å²) >= 11 is 0. The third-order valence-corrected chi connectivity index (χ3v) is 3.65. The highest BCUT2D eigenvalue weighted by Crippen LogP contribution is 2.33. The molecule has 0 bridgehead atoms. The number of benzene rings is 1. The summed E-state index contributed by atoms with van der Waals surface area (Å²) in [4.78, 5) is 24.5. The second-order valence-electron chi connectivity index (χ2n) is 5.18. The van der Waals surface area contributed by atoms with Crippen LogP contribution in [0.15, 0.2) is 12.1 Å². The van der Waals surface area contributed by atoms with E-state index in [-0.39, 0.29) is 29.1 Å². The lowest BCUT2D eigenvalue weighted by molar-refractivity contribution is -0.139. The van der Waals surface area contributed by atoms with Crippen molar-refractivity contribution in [1.29, 1.82) is 0 Å². The molecule has 6 nitrogen and oxygen atoms in total. The number of rotatable bonds is 6. The van der Waals surface area contributed by atoms with Gasteiger partial charge in [0.2, 0.25) is 5.91 Å². The zero-order valence-corrected chi connectivity index (χ0v) is 12.4. The van der Waals surface area contributed by atoms with Crippen molar-refractivity contribution in [2.45, 2.75) is 32.2 Å². The van der Waals surface area contributed by atoms with Gasteiger partial charge in [-0.15, -0.1) is 0 Å². The summed E-state index contributed by atoms with van der Waals surface area (Å²) < 4.78 is 5.62. The first-order chi connectivity index (χ1) is 10.5.